The van der Waals surface area contributed by atoms with E-state index in [0.29, 0.717) is 0 Å². The molecule has 1 unspecified atom stereocenters. The number of quaternary nitrogens is 1. The summed E-state index contributed by atoms with van der Waals surface area (Å²) in [5.41, 5.74) is 0. The highest BCUT2D eigenvalue weighted by molar-refractivity contribution is 4.45. The summed E-state index contributed by atoms with van der Waals surface area (Å²) in [6.07, 6.45) is 4.95. The number of hydrogen-bond acceptors (Lipinski definition) is 1. The van der Waals surface area contributed by atoms with Crippen LogP contribution < -0.4 is 12.4 Å². The zero-order valence-corrected chi connectivity index (χ0v) is 11.6. The van der Waals surface area contributed by atoms with Crippen LogP contribution in [0.4, 0.5) is 0 Å². The number of halogens is 1. The Balaban J connectivity index is 0. The Hall–Kier alpha value is 0.210. The molecule has 0 aliphatic heterocycles. The molecule has 0 heterocycles. The Morgan fingerprint density at radius 1 is 1.00 bits per heavy atom. The summed E-state index contributed by atoms with van der Waals surface area (Å²) < 4.78 is 0.865. The van der Waals surface area contributed by atoms with Crippen LogP contribution in [0.25, 0.3) is 0 Å². The Morgan fingerprint density at radius 2 is 1.53 bits per heavy atom. The summed E-state index contributed by atoms with van der Waals surface area (Å²) in [5, 5.41) is 9.79. The van der Waals surface area contributed by atoms with Crippen LogP contribution in [-0.4, -0.2) is 35.5 Å². The van der Waals surface area contributed by atoms with Crippen molar-refractivity contribution in [2.75, 3.05) is 19.6 Å². The Kier molecular flexibility index (Phi) is 11.1. The Labute approximate surface area is 102 Å². The SMILES string of the molecule is CCCCCC[N+](CC)(CC)C(C)O.[Cl-]. The van der Waals surface area contributed by atoms with E-state index in [4.69, 9.17) is 0 Å². The largest absolute Gasteiger partial charge is 1.00 e. The zero-order chi connectivity index (χ0) is 11.0. The van der Waals surface area contributed by atoms with Crippen molar-refractivity contribution in [1.82, 2.24) is 0 Å². The van der Waals surface area contributed by atoms with Gasteiger partial charge in [-0.3, -0.25) is 4.48 Å². The third kappa shape index (κ3) is 5.74. The molecule has 0 aliphatic rings. The van der Waals surface area contributed by atoms with Gasteiger partial charge in [0.2, 0.25) is 0 Å². The molecule has 0 spiro atoms. The molecule has 0 radical (unpaired) electrons. The first-order valence-electron chi connectivity index (χ1n) is 6.16. The van der Waals surface area contributed by atoms with E-state index < -0.39 is 0 Å². The second-order valence-corrected chi connectivity index (χ2v) is 4.27. The Bertz CT molecular complexity index is 136. The molecule has 1 N–H and O–H groups in total. The first-order valence-corrected chi connectivity index (χ1v) is 6.16. The molecule has 0 saturated heterocycles. The van der Waals surface area contributed by atoms with Crippen LogP contribution in [-0.2, 0) is 0 Å². The molecule has 15 heavy (non-hydrogen) atoms. The molecule has 2 nitrogen and oxygen atoms in total. The molecule has 0 aromatic heterocycles. The van der Waals surface area contributed by atoms with Crippen LogP contribution in [0.15, 0.2) is 0 Å². The van der Waals surface area contributed by atoms with Gasteiger partial charge in [-0.2, -0.15) is 0 Å². The molecular weight excluding hydrogens is 210 g/mol. The highest BCUT2D eigenvalue weighted by atomic mass is 35.5. The van der Waals surface area contributed by atoms with Crippen LogP contribution in [0.1, 0.15) is 53.4 Å². The number of nitrogens with zero attached hydrogens (tertiary/aromatic N) is 1. The quantitative estimate of drug-likeness (QED) is 0.351. The Morgan fingerprint density at radius 3 is 1.87 bits per heavy atom. The lowest BCUT2D eigenvalue weighted by molar-refractivity contribution is -0.966. The van der Waals surface area contributed by atoms with E-state index in [1.54, 1.807) is 0 Å². The molecule has 0 amide bonds. The van der Waals surface area contributed by atoms with Crippen molar-refractivity contribution in [2.24, 2.45) is 0 Å². The lowest BCUT2D eigenvalue weighted by atomic mass is 10.1. The van der Waals surface area contributed by atoms with Gasteiger partial charge in [0.05, 0.1) is 19.6 Å². The standard InChI is InChI=1S/C12H28NO.ClH/c1-5-8-9-10-11-13(6-2,7-3)12(4)14;/h12,14H,5-11H2,1-4H3;1H/q+1;/p-1. The van der Waals surface area contributed by atoms with Crippen molar-refractivity contribution in [3.63, 3.8) is 0 Å². The summed E-state index contributed by atoms with van der Waals surface area (Å²) in [5.74, 6) is 0. The maximum Gasteiger partial charge on any atom is 0.187 e. The van der Waals surface area contributed by atoms with Crippen LogP contribution in [0, 0.1) is 0 Å². The van der Waals surface area contributed by atoms with Gasteiger partial charge in [0.15, 0.2) is 6.23 Å². The van der Waals surface area contributed by atoms with Crippen molar-refractivity contribution < 1.29 is 22.0 Å². The van der Waals surface area contributed by atoms with E-state index in [-0.39, 0.29) is 18.6 Å². The fraction of sp³-hybridized carbons (Fsp3) is 1.00. The number of aliphatic hydroxyl groups is 1. The third-order valence-corrected chi connectivity index (χ3v) is 3.51. The van der Waals surface area contributed by atoms with E-state index in [1.165, 1.54) is 25.7 Å². The average molecular weight is 238 g/mol. The maximum absolute atomic E-state index is 9.79. The van der Waals surface area contributed by atoms with Gasteiger partial charge in [0.1, 0.15) is 0 Å². The average Bonchev–Trinajstić information content (AvgIpc) is 2.18. The van der Waals surface area contributed by atoms with Crippen molar-refractivity contribution in [3.8, 4) is 0 Å². The topological polar surface area (TPSA) is 20.2 Å². The molecular formula is C12H28ClNO. The number of unbranched alkanes of at least 4 members (excludes halogenated alkanes) is 3. The number of hydrogen-bond donors (Lipinski definition) is 1. The summed E-state index contributed by atoms with van der Waals surface area (Å²) in [6, 6.07) is 0. The number of aliphatic hydroxyl groups excluding tert-OH is 1. The summed E-state index contributed by atoms with van der Waals surface area (Å²) in [6.45, 7) is 11.7. The smallest absolute Gasteiger partial charge is 0.187 e. The van der Waals surface area contributed by atoms with Gasteiger partial charge in [0.25, 0.3) is 0 Å². The van der Waals surface area contributed by atoms with Crippen LogP contribution >= 0.6 is 0 Å². The minimum Gasteiger partial charge on any atom is -1.00 e. The van der Waals surface area contributed by atoms with E-state index in [0.717, 1.165) is 24.1 Å². The fourth-order valence-corrected chi connectivity index (χ4v) is 2.11. The fourth-order valence-electron chi connectivity index (χ4n) is 2.11. The molecule has 0 aromatic rings. The van der Waals surface area contributed by atoms with E-state index in [2.05, 4.69) is 20.8 Å². The first-order chi connectivity index (χ1) is 6.63. The van der Waals surface area contributed by atoms with Crippen LogP contribution in [0.3, 0.4) is 0 Å². The third-order valence-electron chi connectivity index (χ3n) is 3.51. The van der Waals surface area contributed by atoms with Gasteiger partial charge in [-0.15, -0.1) is 0 Å². The lowest BCUT2D eigenvalue weighted by Crippen LogP contribution is -3.00. The second-order valence-electron chi connectivity index (χ2n) is 4.27. The second kappa shape index (κ2) is 9.44. The van der Waals surface area contributed by atoms with Crippen LogP contribution in [0.5, 0.6) is 0 Å². The summed E-state index contributed by atoms with van der Waals surface area (Å²) in [7, 11) is 0. The molecule has 0 aliphatic carbocycles. The molecule has 1 atom stereocenters. The highest BCUT2D eigenvalue weighted by Crippen LogP contribution is 2.14. The van der Waals surface area contributed by atoms with Gasteiger partial charge in [-0.25, -0.2) is 0 Å². The van der Waals surface area contributed by atoms with Gasteiger partial charge in [-0.05, 0) is 26.7 Å². The first kappa shape index (κ1) is 17.6. The lowest BCUT2D eigenvalue weighted by Gasteiger charge is -2.39. The predicted octanol–water partition coefficient (Wildman–Crippen LogP) is -0.234. The normalized spacial score (nSPS) is 13.4. The van der Waals surface area contributed by atoms with Crippen molar-refractivity contribution in [3.05, 3.63) is 0 Å². The molecule has 0 bridgehead atoms. The van der Waals surface area contributed by atoms with Gasteiger partial charge in [-0.1, -0.05) is 19.8 Å². The minimum atomic E-state index is -0.216. The van der Waals surface area contributed by atoms with Crippen molar-refractivity contribution in [2.45, 2.75) is 59.6 Å². The minimum absolute atomic E-state index is 0. The van der Waals surface area contributed by atoms with E-state index >= 15 is 0 Å². The highest BCUT2D eigenvalue weighted by Gasteiger charge is 2.27. The molecule has 0 aromatic carbocycles. The summed E-state index contributed by atoms with van der Waals surface area (Å²) in [4.78, 5) is 0. The molecule has 0 saturated carbocycles. The van der Waals surface area contributed by atoms with E-state index in [9.17, 15) is 5.11 Å². The van der Waals surface area contributed by atoms with E-state index in [1.807, 2.05) is 6.92 Å². The predicted molar refractivity (Wildman–Crippen MR) is 62.0 cm³/mol. The monoisotopic (exact) mass is 237 g/mol. The number of rotatable bonds is 8. The molecule has 0 fully saturated rings. The van der Waals surface area contributed by atoms with Gasteiger partial charge < -0.3 is 17.5 Å². The molecule has 94 valence electrons. The zero-order valence-electron chi connectivity index (χ0n) is 10.8. The van der Waals surface area contributed by atoms with Crippen LogP contribution in [0.2, 0.25) is 0 Å². The molecule has 3 heteroatoms. The summed E-state index contributed by atoms with van der Waals surface area (Å²) >= 11 is 0. The van der Waals surface area contributed by atoms with Crippen molar-refractivity contribution >= 4 is 0 Å². The van der Waals surface area contributed by atoms with Gasteiger partial charge in [0, 0.05) is 6.92 Å². The van der Waals surface area contributed by atoms with Crippen molar-refractivity contribution in [1.29, 1.82) is 0 Å². The van der Waals surface area contributed by atoms with Gasteiger partial charge >= 0.3 is 0 Å². The molecule has 0 rings (SSSR count). The maximum atomic E-state index is 9.79.